The van der Waals surface area contributed by atoms with E-state index in [1.807, 2.05) is 4.90 Å². The zero-order valence-electron chi connectivity index (χ0n) is 13.9. The molecule has 0 bridgehead atoms. The Balaban J connectivity index is 0.000000242. The van der Waals surface area contributed by atoms with E-state index in [-0.39, 0.29) is 11.8 Å². The summed E-state index contributed by atoms with van der Waals surface area (Å²) in [6, 6.07) is 0. The van der Waals surface area contributed by atoms with Gasteiger partial charge in [-0.15, -0.1) is 0 Å². The van der Waals surface area contributed by atoms with Crippen molar-refractivity contribution >= 4 is 17.6 Å². The second-order valence-corrected chi connectivity index (χ2v) is 6.88. The minimum Gasteiger partial charge on any atom is -0.475 e. The van der Waals surface area contributed by atoms with Crippen LogP contribution in [-0.2, 0) is 9.59 Å². The molecule has 1 N–H and O–H groups in total. The number of hydrogen-bond acceptors (Lipinski definition) is 5. The number of carbonyl (C=O) groups excluding carboxylic acids is 1. The molecule has 1 aliphatic carbocycles. The molecule has 10 heteroatoms. The molecule has 0 radical (unpaired) electrons. The van der Waals surface area contributed by atoms with E-state index < -0.39 is 12.1 Å². The van der Waals surface area contributed by atoms with Crippen LogP contribution >= 0.6 is 0 Å². The van der Waals surface area contributed by atoms with Gasteiger partial charge >= 0.3 is 12.1 Å². The maximum atomic E-state index is 12.5. The van der Waals surface area contributed by atoms with E-state index in [1.165, 1.54) is 25.7 Å². The summed E-state index contributed by atoms with van der Waals surface area (Å²) in [6.45, 7) is 4.06. The van der Waals surface area contributed by atoms with E-state index in [0.29, 0.717) is 5.92 Å². The van der Waals surface area contributed by atoms with Crippen LogP contribution in [0.25, 0.3) is 0 Å². The van der Waals surface area contributed by atoms with Gasteiger partial charge in [0.05, 0.1) is 24.0 Å². The van der Waals surface area contributed by atoms with Crippen LogP contribution in [0.4, 0.5) is 18.9 Å². The third-order valence-electron chi connectivity index (χ3n) is 4.83. The number of rotatable bonds is 3. The quantitative estimate of drug-likeness (QED) is 0.864. The first-order valence-corrected chi connectivity index (χ1v) is 8.34. The predicted octanol–water partition coefficient (Wildman–Crippen LogP) is 1.41. The number of carboxylic acid groups (broad SMARTS) is 1. The van der Waals surface area contributed by atoms with Crippen LogP contribution in [0.5, 0.6) is 0 Å². The van der Waals surface area contributed by atoms with Gasteiger partial charge in [0.25, 0.3) is 0 Å². The van der Waals surface area contributed by atoms with E-state index in [2.05, 4.69) is 14.9 Å². The molecule has 0 aromatic carbocycles. The average Bonchev–Trinajstić information content (AvgIpc) is 3.22. The largest absolute Gasteiger partial charge is 0.490 e. The number of nitrogens with zero attached hydrogens (tertiary/aromatic N) is 4. The van der Waals surface area contributed by atoms with E-state index in [4.69, 9.17) is 9.90 Å². The molecule has 1 amide bonds. The third kappa shape index (κ3) is 4.29. The van der Waals surface area contributed by atoms with Crippen molar-refractivity contribution < 1.29 is 27.9 Å². The summed E-state index contributed by atoms with van der Waals surface area (Å²) in [6.07, 6.45) is 2.64. The van der Waals surface area contributed by atoms with Gasteiger partial charge in [0, 0.05) is 32.1 Å². The molecule has 2 atom stereocenters. The van der Waals surface area contributed by atoms with Gasteiger partial charge in [-0.3, -0.25) is 4.79 Å². The van der Waals surface area contributed by atoms with Crippen LogP contribution in [-0.4, -0.2) is 64.2 Å². The number of carboxylic acids is 1. The number of amides is 1. The Bertz CT molecular complexity index is 666. The van der Waals surface area contributed by atoms with E-state index in [1.54, 1.807) is 12.4 Å². The fourth-order valence-electron chi connectivity index (χ4n) is 3.43. The molecular formula is C16H19F3N4O3. The molecular weight excluding hydrogens is 353 g/mol. The standard InChI is InChI=1S/C14H18N4O.C2HF3O2/c19-14-13-8-17(5-10-1-2-10)6-11(13)7-18(14)12-3-15-9-16-4-12;3-2(4,5)1(6)7/h3-4,9-11,13H,1-2,5-8H2;(H,6,7)/t11-,13-;/m0./s1. The molecule has 1 aromatic heterocycles. The molecule has 2 saturated heterocycles. The normalized spacial score (nSPS) is 25.7. The number of carbonyl (C=O) groups is 2. The summed E-state index contributed by atoms with van der Waals surface area (Å²) < 4.78 is 31.7. The number of fused-ring (bicyclic) bond motifs is 1. The van der Waals surface area contributed by atoms with Gasteiger partial charge in [0.15, 0.2) is 0 Å². The maximum absolute atomic E-state index is 12.5. The SMILES string of the molecule is O=C(O)C(F)(F)F.O=C1[C@H]2CN(CC3CC3)C[C@H]2CN1c1cncnc1. The zero-order chi connectivity index (χ0) is 18.9. The minimum atomic E-state index is -5.08. The topological polar surface area (TPSA) is 86.6 Å². The Labute approximate surface area is 147 Å². The lowest BCUT2D eigenvalue weighted by atomic mass is 10.0. The maximum Gasteiger partial charge on any atom is 0.490 e. The summed E-state index contributed by atoms with van der Waals surface area (Å²) in [5.74, 6) is -0.899. The van der Waals surface area contributed by atoms with Crippen LogP contribution in [0.2, 0.25) is 0 Å². The lowest BCUT2D eigenvalue weighted by Gasteiger charge is -2.21. The van der Waals surface area contributed by atoms with Crippen molar-refractivity contribution in [1.29, 1.82) is 0 Å². The second kappa shape index (κ2) is 7.18. The number of anilines is 1. The minimum absolute atomic E-state index is 0.193. The molecule has 0 spiro atoms. The average molecular weight is 372 g/mol. The smallest absolute Gasteiger partial charge is 0.475 e. The van der Waals surface area contributed by atoms with Gasteiger partial charge in [-0.25, -0.2) is 14.8 Å². The van der Waals surface area contributed by atoms with Gasteiger partial charge < -0.3 is 14.9 Å². The first kappa shape index (κ1) is 18.6. The molecule has 0 unspecified atom stereocenters. The van der Waals surface area contributed by atoms with Crippen molar-refractivity contribution in [3.05, 3.63) is 18.7 Å². The zero-order valence-corrected chi connectivity index (χ0v) is 13.9. The Hall–Kier alpha value is -2.23. The number of hydrogen-bond donors (Lipinski definition) is 1. The highest BCUT2D eigenvalue weighted by Crippen LogP contribution is 2.37. The van der Waals surface area contributed by atoms with E-state index >= 15 is 0 Å². The summed E-state index contributed by atoms with van der Waals surface area (Å²) in [4.78, 5) is 33.7. The Kier molecular flexibility index (Phi) is 5.12. The van der Waals surface area contributed by atoms with Gasteiger partial charge in [-0.05, 0) is 18.8 Å². The van der Waals surface area contributed by atoms with Crippen molar-refractivity contribution in [3.8, 4) is 0 Å². The molecule has 1 saturated carbocycles. The Morgan fingerprint density at radius 1 is 1.19 bits per heavy atom. The monoisotopic (exact) mass is 372 g/mol. The molecule has 3 aliphatic rings. The van der Waals surface area contributed by atoms with Crippen molar-refractivity contribution in [2.45, 2.75) is 19.0 Å². The lowest BCUT2D eigenvalue weighted by molar-refractivity contribution is -0.192. The molecule has 26 heavy (non-hydrogen) atoms. The third-order valence-corrected chi connectivity index (χ3v) is 4.83. The first-order valence-electron chi connectivity index (χ1n) is 8.34. The highest BCUT2D eigenvalue weighted by molar-refractivity contribution is 5.97. The Morgan fingerprint density at radius 2 is 1.81 bits per heavy atom. The fourth-order valence-corrected chi connectivity index (χ4v) is 3.43. The Morgan fingerprint density at radius 3 is 2.31 bits per heavy atom. The van der Waals surface area contributed by atoms with E-state index in [9.17, 15) is 18.0 Å². The summed E-state index contributed by atoms with van der Waals surface area (Å²) in [7, 11) is 0. The van der Waals surface area contributed by atoms with Crippen molar-refractivity contribution in [2.24, 2.45) is 17.8 Å². The van der Waals surface area contributed by atoms with Crippen LogP contribution in [0.1, 0.15) is 12.8 Å². The summed E-state index contributed by atoms with van der Waals surface area (Å²) in [5, 5.41) is 7.12. The van der Waals surface area contributed by atoms with Gasteiger partial charge in [0.2, 0.25) is 5.91 Å². The van der Waals surface area contributed by atoms with Crippen LogP contribution in [0.15, 0.2) is 18.7 Å². The van der Waals surface area contributed by atoms with Crippen LogP contribution in [0.3, 0.4) is 0 Å². The van der Waals surface area contributed by atoms with Crippen LogP contribution < -0.4 is 4.90 Å². The molecule has 1 aromatic rings. The highest BCUT2D eigenvalue weighted by atomic mass is 19.4. The van der Waals surface area contributed by atoms with Gasteiger partial charge in [-0.1, -0.05) is 0 Å². The molecule has 3 fully saturated rings. The number of alkyl halides is 3. The molecule has 7 nitrogen and oxygen atoms in total. The van der Waals surface area contributed by atoms with Gasteiger partial charge in [-0.2, -0.15) is 13.2 Å². The second-order valence-electron chi connectivity index (χ2n) is 6.88. The van der Waals surface area contributed by atoms with Crippen molar-refractivity contribution in [2.75, 3.05) is 31.1 Å². The molecule has 2 aliphatic heterocycles. The summed E-state index contributed by atoms with van der Waals surface area (Å²) in [5.41, 5.74) is 0.843. The highest BCUT2D eigenvalue weighted by Gasteiger charge is 2.47. The number of halogens is 3. The van der Waals surface area contributed by atoms with Crippen molar-refractivity contribution in [1.82, 2.24) is 14.9 Å². The first-order chi connectivity index (χ1) is 12.3. The molecule has 142 valence electrons. The number of likely N-dealkylation sites (tertiary alicyclic amines) is 1. The lowest BCUT2D eigenvalue weighted by Crippen LogP contribution is -2.33. The van der Waals surface area contributed by atoms with Crippen LogP contribution in [0, 0.1) is 17.8 Å². The predicted molar refractivity (Wildman–Crippen MR) is 84.2 cm³/mol. The fraction of sp³-hybridized carbons (Fsp3) is 0.625. The van der Waals surface area contributed by atoms with E-state index in [0.717, 1.165) is 31.2 Å². The number of aromatic nitrogens is 2. The van der Waals surface area contributed by atoms with Crippen molar-refractivity contribution in [3.63, 3.8) is 0 Å². The molecule has 4 rings (SSSR count). The van der Waals surface area contributed by atoms with Gasteiger partial charge in [0.1, 0.15) is 6.33 Å². The summed E-state index contributed by atoms with van der Waals surface area (Å²) >= 11 is 0. The number of aliphatic carboxylic acids is 1. The molecule has 3 heterocycles.